The minimum atomic E-state index is 0.583. The molecule has 3 heteroatoms. The molecule has 1 aliphatic heterocycles. The van der Waals surface area contributed by atoms with E-state index in [9.17, 15) is 0 Å². The molecular formula is C17H27NO2. The SMILES string of the molecule is CC(CCNC(C)C)CCc1ccc2c(c1)OCCO2. The van der Waals surface area contributed by atoms with Crippen molar-refractivity contribution in [3.63, 3.8) is 0 Å². The third-order valence-corrected chi connectivity index (χ3v) is 3.72. The molecule has 1 N–H and O–H groups in total. The van der Waals surface area contributed by atoms with Gasteiger partial charge in [0.05, 0.1) is 0 Å². The first-order valence-corrected chi connectivity index (χ1v) is 7.77. The topological polar surface area (TPSA) is 30.5 Å². The molecule has 1 aromatic rings. The zero-order valence-electron chi connectivity index (χ0n) is 12.9. The summed E-state index contributed by atoms with van der Waals surface area (Å²) in [6.45, 7) is 9.15. The van der Waals surface area contributed by atoms with E-state index in [1.807, 2.05) is 6.07 Å². The molecule has 20 heavy (non-hydrogen) atoms. The predicted molar refractivity (Wildman–Crippen MR) is 82.7 cm³/mol. The highest BCUT2D eigenvalue weighted by atomic mass is 16.6. The van der Waals surface area contributed by atoms with Crippen LogP contribution in [0.5, 0.6) is 11.5 Å². The summed E-state index contributed by atoms with van der Waals surface area (Å²) in [5.41, 5.74) is 1.35. The lowest BCUT2D eigenvalue weighted by molar-refractivity contribution is 0.171. The maximum absolute atomic E-state index is 5.63. The summed E-state index contributed by atoms with van der Waals surface area (Å²) in [6.07, 6.45) is 3.57. The number of fused-ring (bicyclic) bond motifs is 1. The molecule has 0 saturated carbocycles. The standard InChI is InChI=1S/C17H27NO2/c1-13(2)18-9-8-14(3)4-5-15-6-7-16-17(12-15)20-11-10-19-16/h6-7,12-14,18H,4-5,8-11H2,1-3H3. The fraction of sp³-hybridized carbons (Fsp3) is 0.647. The van der Waals surface area contributed by atoms with Crippen molar-refractivity contribution in [3.8, 4) is 11.5 Å². The Morgan fingerprint density at radius 3 is 2.55 bits per heavy atom. The van der Waals surface area contributed by atoms with Gasteiger partial charge in [0.2, 0.25) is 0 Å². The Labute approximate surface area is 122 Å². The summed E-state index contributed by atoms with van der Waals surface area (Å²) in [5.74, 6) is 2.53. The van der Waals surface area contributed by atoms with Gasteiger partial charge in [-0.05, 0) is 49.4 Å². The van der Waals surface area contributed by atoms with Gasteiger partial charge in [-0.15, -0.1) is 0 Å². The summed E-state index contributed by atoms with van der Waals surface area (Å²) < 4.78 is 11.2. The molecule has 0 radical (unpaired) electrons. The Morgan fingerprint density at radius 2 is 1.80 bits per heavy atom. The molecule has 0 amide bonds. The maximum Gasteiger partial charge on any atom is 0.161 e. The first-order valence-electron chi connectivity index (χ1n) is 7.77. The van der Waals surface area contributed by atoms with E-state index in [2.05, 4.69) is 38.2 Å². The lowest BCUT2D eigenvalue weighted by Crippen LogP contribution is -2.25. The minimum absolute atomic E-state index is 0.583. The van der Waals surface area contributed by atoms with Gasteiger partial charge in [0.25, 0.3) is 0 Å². The van der Waals surface area contributed by atoms with E-state index in [4.69, 9.17) is 9.47 Å². The van der Waals surface area contributed by atoms with Gasteiger partial charge in [0.15, 0.2) is 11.5 Å². The fourth-order valence-electron chi connectivity index (χ4n) is 2.42. The summed E-state index contributed by atoms with van der Waals surface area (Å²) >= 11 is 0. The van der Waals surface area contributed by atoms with Crippen LogP contribution in [-0.4, -0.2) is 25.8 Å². The number of benzene rings is 1. The van der Waals surface area contributed by atoms with E-state index in [1.54, 1.807) is 0 Å². The Kier molecular flexibility index (Phi) is 5.72. The van der Waals surface area contributed by atoms with Gasteiger partial charge in [0, 0.05) is 6.04 Å². The van der Waals surface area contributed by atoms with Crippen LogP contribution in [-0.2, 0) is 6.42 Å². The smallest absolute Gasteiger partial charge is 0.161 e. The average molecular weight is 277 g/mol. The van der Waals surface area contributed by atoms with Crippen LogP contribution in [0.1, 0.15) is 39.2 Å². The van der Waals surface area contributed by atoms with Gasteiger partial charge in [-0.25, -0.2) is 0 Å². The predicted octanol–water partition coefficient (Wildman–Crippen LogP) is 3.41. The van der Waals surface area contributed by atoms with E-state index in [0.29, 0.717) is 19.3 Å². The second-order valence-corrected chi connectivity index (χ2v) is 6.02. The van der Waals surface area contributed by atoms with E-state index >= 15 is 0 Å². The molecule has 1 aliphatic rings. The second-order valence-electron chi connectivity index (χ2n) is 6.02. The molecule has 0 aromatic heterocycles. The highest BCUT2D eigenvalue weighted by Crippen LogP contribution is 2.31. The summed E-state index contributed by atoms with van der Waals surface area (Å²) in [6, 6.07) is 6.91. The fourth-order valence-corrected chi connectivity index (χ4v) is 2.42. The summed E-state index contributed by atoms with van der Waals surface area (Å²) in [7, 11) is 0. The van der Waals surface area contributed by atoms with Crippen molar-refractivity contribution in [2.75, 3.05) is 19.8 Å². The van der Waals surface area contributed by atoms with Crippen LogP contribution in [0.2, 0.25) is 0 Å². The number of nitrogens with one attached hydrogen (secondary N) is 1. The van der Waals surface area contributed by atoms with E-state index in [-0.39, 0.29) is 0 Å². The van der Waals surface area contributed by atoms with Crippen molar-refractivity contribution in [2.24, 2.45) is 5.92 Å². The van der Waals surface area contributed by atoms with Gasteiger partial charge in [-0.1, -0.05) is 26.8 Å². The van der Waals surface area contributed by atoms with Gasteiger partial charge >= 0.3 is 0 Å². The van der Waals surface area contributed by atoms with Crippen LogP contribution in [0.15, 0.2) is 18.2 Å². The van der Waals surface area contributed by atoms with Gasteiger partial charge in [0.1, 0.15) is 13.2 Å². The second kappa shape index (κ2) is 7.53. The van der Waals surface area contributed by atoms with Crippen LogP contribution in [0.3, 0.4) is 0 Å². The summed E-state index contributed by atoms with van der Waals surface area (Å²) in [4.78, 5) is 0. The molecule has 2 rings (SSSR count). The molecule has 0 spiro atoms. The molecule has 0 bridgehead atoms. The zero-order chi connectivity index (χ0) is 14.4. The highest BCUT2D eigenvalue weighted by Gasteiger charge is 2.12. The van der Waals surface area contributed by atoms with E-state index in [0.717, 1.165) is 30.4 Å². The number of aryl methyl sites for hydroxylation is 1. The van der Waals surface area contributed by atoms with Crippen molar-refractivity contribution >= 4 is 0 Å². The largest absolute Gasteiger partial charge is 0.486 e. The first kappa shape index (κ1) is 15.2. The molecule has 0 fully saturated rings. The van der Waals surface area contributed by atoms with Crippen LogP contribution in [0, 0.1) is 5.92 Å². The Bertz CT molecular complexity index is 417. The molecule has 112 valence electrons. The zero-order valence-corrected chi connectivity index (χ0v) is 12.9. The lowest BCUT2D eigenvalue weighted by Gasteiger charge is -2.19. The van der Waals surface area contributed by atoms with E-state index < -0.39 is 0 Å². The quantitative estimate of drug-likeness (QED) is 0.828. The number of ether oxygens (including phenoxy) is 2. The Hall–Kier alpha value is -1.22. The molecule has 0 aliphatic carbocycles. The molecule has 1 atom stereocenters. The number of rotatable bonds is 7. The molecule has 0 saturated heterocycles. The third kappa shape index (κ3) is 4.71. The Morgan fingerprint density at radius 1 is 1.05 bits per heavy atom. The monoisotopic (exact) mass is 277 g/mol. The van der Waals surface area contributed by atoms with Crippen LogP contribution in [0.4, 0.5) is 0 Å². The van der Waals surface area contributed by atoms with Crippen molar-refractivity contribution < 1.29 is 9.47 Å². The normalized spacial score (nSPS) is 15.4. The average Bonchev–Trinajstić information content (AvgIpc) is 2.44. The van der Waals surface area contributed by atoms with Crippen molar-refractivity contribution in [1.82, 2.24) is 5.32 Å². The van der Waals surface area contributed by atoms with Gasteiger partial charge in [-0.2, -0.15) is 0 Å². The molecule has 3 nitrogen and oxygen atoms in total. The van der Waals surface area contributed by atoms with Crippen molar-refractivity contribution in [2.45, 2.75) is 46.1 Å². The molecule has 1 heterocycles. The van der Waals surface area contributed by atoms with Crippen molar-refractivity contribution in [3.05, 3.63) is 23.8 Å². The molecular weight excluding hydrogens is 250 g/mol. The van der Waals surface area contributed by atoms with Gasteiger partial charge in [-0.3, -0.25) is 0 Å². The van der Waals surface area contributed by atoms with Gasteiger partial charge < -0.3 is 14.8 Å². The number of hydrogen-bond acceptors (Lipinski definition) is 3. The summed E-state index contributed by atoms with van der Waals surface area (Å²) in [5, 5.41) is 3.48. The van der Waals surface area contributed by atoms with Crippen LogP contribution in [0.25, 0.3) is 0 Å². The van der Waals surface area contributed by atoms with Crippen molar-refractivity contribution in [1.29, 1.82) is 0 Å². The van der Waals surface area contributed by atoms with Crippen LogP contribution >= 0.6 is 0 Å². The highest BCUT2D eigenvalue weighted by molar-refractivity contribution is 5.43. The molecule has 1 unspecified atom stereocenters. The first-order chi connectivity index (χ1) is 9.65. The van der Waals surface area contributed by atoms with Crippen LogP contribution < -0.4 is 14.8 Å². The maximum atomic E-state index is 5.63. The molecule has 1 aromatic carbocycles. The third-order valence-electron chi connectivity index (χ3n) is 3.72. The van der Waals surface area contributed by atoms with E-state index in [1.165, 1.54) is 18.4 Å². The lowest BCUT2D eigenvalue weighted by atomic mass is 9.98. The Balaban J connectivity index is 1.76. The number of hydrogen-bond donors (Lipinski definition) is 1. The minimum Gasteiger partial charge on any atom is -0.486 e.